The van der Waals surface area contributed by atoms with Gasteiger partial charge in [0.2, 0.25) is 0 Å². The smallest absolute Gasteiger partial charge is 0.172 e. The minimum absolute atomic E-state index is 0.110. The Morgan fingerprint density at radius 1 is 1.44 bits per heavy atom. The highest BCUT2D eigenvalue weighted by Gasteiger charge is 2.38. The Kier molecular flexibility index (Phi) is 3.13. The van der Waals surface area contributed by atoms with Crippen molar-refractivity contribution in [3.63, 3.8) is 0 Å². The highest BCUT2D eigenvalue weighted by molar-refractivity contribution is 9.10. The van der Waals surface area contributed by atoms with Crippen LogP contribution in [-0.4, -0.2) is 23.9 Å². The minimum Gasteiger partial charge on any atom is -0.503 e. The third-order valence-corrected chi connectivity index (χ3v) is 4.08. The Bertz CT molecular complexity index is 394. The molecular weight excluding hydrogens is 272 g/mol. The maximum absolute atomic E-state index is 9.72. The molecule has 0 aliphatic heterocycles. The van der Waals surface area contributed by atoms with Crippen LogP contribution in [0.1, 0.15) is 24.8 Å². The van der Waals surface area contributed by atoms with Crippen LogP contribution in [0.3, 0.4) is 0 Å². The molecule has 2 rings (SSSR count). The lowest BCUT2D eigenvalue weighted by Gasteiger charge is -2.41. The SMILES string of the molecule is COc1cc(C2(CO)CCC2)cc(Br)c1O. The Labute approximate surface area is 103 Å². The van der Waals surface area contributed by atoms with Crippen LogP contribution in [0.4, 0.5) is 0 Å². The second-order valence-electron chi connectivity index (χ2n) is 4.30. The lowest BCUT2D eigenvalue weighted by atomic mass is 9.65. The molecule has 0 unspecified atom stereocenters. The number of hydrogen-bond donors (Lipinski definition) is 2. The zero-order valence-corrected chi connectivity index (χ0v) is 10.7. The molecule has 1 aliphatic rings. The first-order chi connectivity index (χ1) is 7.63. The Morgan fingerprint density at radius 3 is 2.56 bits per heavy atom. The molecule has 0 amide bonds. The molecule has 0 radical (unpaired) electrons. The van der Waals surface area contributed by atoms with Crippen LogP contribution in [-0.2, 0) is 5.41 Å². The van der Waals surface area contributed by atoms with Crippen LogP contribution in [0.15, 0.2) is 16.6 Å². The first-order valence-electron chi connectivity index (χ1n) is 5.31. The van der Waals surface area contributed by atoms with Crippen LogP contribution < -0.4 is 4.74 Å². The van der Waals surface area contributed by atoms with Crippen molar-refractivity contribution in [3.8, 4) is 11.5 Å². The quantitative estimate of drug-likeness (QED) is 0.898. The molecule has 0 aromatic heterocycles. The summed E-state index contributed by atoms with van der Waals surface area (Å²) in [4.78, 5) is 0. The number of methoxy groups -OCH3 is 1. The van der Waals surface area contributed by atoms with Gasteiger partial charge in [0.05, 0.1) is 18.2 Å². The normalized spacial score (nSPS) is 17.9. The molecule has 1 saturated carbocycles. The molecule has 16 heavy (non-hydrogen) atoms. The number of aliphatic hydroxyl groups is 1. The van der Waals surface area contributed by atoms with Crippen molar-refractivity contribution in [2.24, 2.45) is 0 Å². The van der Waals surface area contributed by atoms with E-state index in [0.29, 0.717) is 10.2 Å². The topological polar surface area (TPSA) is 49.7 Å². The van der Waals surface area contributed by atoms with Crippen molar-refractivity contribution >= 4 is 15.9 Å². The molecule has 0 saturated heterocycles. The maximum Gasteiger partial charge on any atom is 0.172 e. The van der Waals surface area contributed by atoms with Gasteiger partial charge in [0.25, 0.3) is 0 Å². The number of hydrogen-bond acceptors (Lipinski definition) is 3. The lowest BCUT2D eigenvalue weighted by molar-refractivity contribution is 0.120. The summed E-state index contributed by atoms with van der Waals surface area (Å²) in [6.07, 6.45) is 3.12. The van der Waals surface area contributed by atoms with Gasteiger partial charge >= 0.3 is 0 Å². The van der Waals surface area contributed by atoms with Crippen molar-refractivity contribution in [3.05, 3.63) is 22.2 Å². The summed E-state index contributed by atoms with van der Waals surface area (Å²) in [7, 11) is 1.53. The first-order valence-corrected chi connectivity index (χ1v) is 6.10. The fraction of sp³-hybridized carbons (Fsp3) is 0.500. The summed E-state index contributed by atoms with van der Waals surface area (Å²) in [6.45, 7) is 0.146. The van der Waals surface area contributed by atoms with E-state index in [-0.39, 0.29) is 17.8 Å². The number of rotatable bonds is 3. The van der Waals surface area contributed by atoms with E-state index in [1.165, 1.54) is 7.11 Å². The number of aliphatic hydroxyl groups excluding tert-OH is 1. The van der Waals surface area contributed by atoms with E-state index >= 15 is 0 Å². The molecule has 2 N–H and O–H groups in total. The predicted molar refractivity (Wildman–Crippen MR) is 65.0 cm³/mol. The number of ether oxygens (including phenoxy) is 1. The third kappa shape index (κ3) is 1.70. The van der Waals surface area contributed by atoms with Gasteiger partial charge < -0.3 is 14.9 Å². The zero-order chi connectivity index (χ0) is 11.8. The van der Waals surface area contributed by atoms with Gasteiger partial charge in [-0.1, -0.05) is 6.42 Å². The van der Waals surface area contributed by atoms with Gasteiger partial charge in [0.15, 0.2) is 11.5 Å². The fourth-order valence-electron chi connectivity index (χ4n) is 2.18. The van der Waals surface area contributed by atoms with E-state index in [2.05, 4.69) is 15.9 Å². The van der Waals surface area contributed by atoms with E-state index < -0.39 is 0 Å². The molecule has 0 atom stereocenters. The Morgan fingerprint density at radius 2 is 2.12 bits per heavy atom. The van der Waals surface area contributed by atoms with Crippen molar-refractivity contribution in [2.75, 3.05) is 13.7 Å². The Hall–Kier alpha value is -0.740. The third-order valence-electron chi connectivity index (χ3n) is 3.47. The van der Waals surface area contributed by atoms with Crippen LogP contribution in [0.2, 0.25) is 0 Å². The molecule has 1 aromatic rings. The van der Waals surface area contributed by atoms with Gasteiger partial charge in [-0.05, 0) is 46.5 Å². The van der Waals surface area contributed by atoms with Gasteiger partial charge in [0.1, 0.15) is 0 Å². The number of aromatic hydroxyl groups is 1. The molecule has 3 nitrogen and oxygen atoms in total. The highest BCUT2D eigenvalue weighted by Crippen LogP contribution is 2.47. The molecule has 1 aliphatic carbocycles. The van der Waals surface area contributed by atoms with Gasteiger partial charge in [-0.25, -0.2) is 0 Å². The second kappa shape index (κ2) is 4.26. The number of phenols is 1. The van der Waals surface area contributed by atoms with Gasteiger partial charge in [0, 0.05) is 5.41 Å². The molecule has 1 aromatic carbocycles. The summed E-state index contributed by atoms with van der Waals surface area (Å²) < 4.78 is 5.73. The van der Waals surface area contributed by atoms with Crippen LogP contribution in [0.5, 0.6) is 11.5 Å². The molecular formula is C12H15BrO3. The zero-order valence-electron chi connectivity index (χ0n) is 9.16. The van der Waals surface area contributed by atoms with Gasteiger partial charge in [-0.2, -0.15) is 0 Å². The number of benzene rings is 1. The average Bonchev–Trinajstić information content (AvgIpc) is 2.22. The van der Waals surface area contributed by atoms with E-state index in [1.807, 2.05) is 12.1 Å². The molecule has 0 spiro atoms. The molecule has 88 valence electrons. The maximum atomic E-state index is 9.72. The molecule has 1 fully saturated rings. The molecule has 0 heterocycles. The van der Waals surface area contributed by atoms with Gasteiger partial charge in [-0.3, -0.25) is 0 Å². The number of halogens is 1. The van der Waals surface area contributed by atoms with E-state index in [4.69, 9.17) is 4.74 Å². The van der Waals surface area contributed by atoms with E-state index in [1.54, 1.807) is 0 Å². The Balaban J connectivity index is 2.45. The van der Waals surface area contributed by atoms with Crippen LogP contribution in [0.25, 0.3) is 0 Å². The van der Waals surface area contributed by atoms with Crippen LogP contribution in [0, 0.1) is 0 Å². The first kappa shape index (κ1) is 11.7. The highest BCUT2D eigenvalue weighted by atomic mass is 79.9. The summed E-state index contributed by atoms with van der Waals surface area (Å²) in [5, 5.41) is 19.2. The monoisotopic (exact) mass is 286 g/mol. The number of phenolic OH excluding ortho intramolecular Hbond substituents is 1. The van der Waals surface area contributed by atoms with Crippen molar-refractivity contribution in [2.45, 2.75) is 24.7 Å². The summed E-state index contributed by atoms with van der Waals surface area (Å²) in [5.41, 5.74) is 0.895. The average molecular weight is 287 g/mol. The van der Waals surface area contributed by atoms with Crippen molar-refractivity contribution in [1.29, 1.82) is 0 Å². The fourth-order valence-corrected chi connectivity index (χ4v) is 2.62. The van der Waals surface area contributed by atoms with Gasteiger partial charge in [-0.15, -0.1) is 0 Å². The van der Waals surface area contributed by atoms with Crippen molar-refractivity contribution < 1.29 is 14.9 Å². The minimum atomic E-state index is -0.135. The summed E-state index contributed by atoms with van der Waals surface area (Å²) >= 11 is 3.30. The second-order valence-corrected chi connectivity index (χ2v) is 5.16. The summed E-state index contributed by atoms with van der Waals surface area (Å²) in [5.74, 6) is 0.558. The van der Waals surface area contributed by atoms with E-state index in [9.17, 15) is 10.2 Å². The largest absolute Gasteiger partial charge is 0.503 e. The van der Waals surface area contributed by atoms with Crippen LogP contribution >= 0.6 is 15.9 Å². The van der Waals surface area contributed by atoms with Crippen molar-refractivity contribution in [1.82, 2.24) is 0 Å². The predicted octanol–water partition coefficient (Wildman–Crippen LogP) is 2.58. The summed E-state index contributed by atoms with van der Waals surface area (Å²) in [6, 6.07) is 3.68. The lowest BCUT2D eigenvalue weighted by Crippen LogP contribution is -2.37. The molecule has 0 bridgehead atoms. The van der Waals surface area contributed by atoms with E-state index in [0.717, 1.165) is 24.8 Å². The standard InChI is InChI=1S/C12H15BrO3/c1-16-10-6-8(5-9(13)11(10)15)12(7-14)3-2-4-12/h5-6,14-15H,2-4,7H2,1H3. The molecule has 4 heteroatoms.